The van der Waals surface area contributed by atoms with E-state index in [4.69, 9.17) is 18.9 Å². The monoisotopic (exact) mass is 514 g/mol. The summed E-state index contributed by atoms with van der Waals surface area (Å²) in [6.07, 6.45) is 12.0. The van der Waals surface area contributed by atoms with Crippen LogP contribution in [-0.2, 0) is 28.5 Å². The zero-order chi connectivity index (χ0) is 27.3. The van der Waals surface area contributed by atoms with Crippen molar-refractivity contribution in [3.8, 4) is 0 Å². The van der Waals surface area contributed by atoms with Gasteiger partial charge in [-0.25, -0.2) is 4.79 Å². The molecule has 9 atom stereocenters. The highest BCUT2D eigenvalue weighted by molar-refractivity contribution is 5.99. The third kappa shape index (κ3) is 7.84. The number of ketones is 1. The lowest BCUT2D eigenvalue weighted by Gasteiger charge is -2.26. The minimum absolute atomic E-state index is 0.0107. The molecule has 0 aliphatic carbocycles. The largest absolute Gasteiger partial charge is 0.454 e. The number of carbonyl (C=O) groups is 2. The SMILES string of the molecule is CO[C@H]1C[C@H]2O[C@H]1C=C(C)[C@H](O)CC=CC=C(C)C(=O)[C@@H](C)C=C(C)C(=O)O[C@H](/C=C/[C@H]1O[C@@H]1C)[C@@H]2C. The van der Waals surface area contributed by atoms with Crippen molar-refractivity contribution >= 4 is 11.8 Å². The number of rotatable bonds is 3. The topological polar surface area (TPSA) is 94.6 Å². The number of fused-ring (bicyclic) bond motifs is 2. The van der Waals surface area contributed by atoms with E-state index in [-0.39, 0.29) is 42.2 Å². The summed E-state index contributed by atoms with van der Waals surface area (Å²) in [5.74, 6) is -1.20. The van der Waals surface area contributed by atoms with Gasteiger partial charge in [-0.2, -0.15) is 0 Å². The number of epoxide rings is 1. The highest BCUT2D eigenvalue weighted by atomic mass is 16.6. The summed E-state index contributed by atoms with van der Waals surface area (Å²) < 4.78 is 23.6. The maximum absolute atomic E-state index is 13.1. The van der Waals surface area contributed by atoms with Crippen LogP contribution in [0.5, 0.6) is 0 Å². The third-order valence-corrected chi connectivity index (χ3v) is 7.48. The molecule has 204 valence electrons. The fourth-order valence-corrected chi connectivity index (χ4v) is 4.73. The van der Waals surface area contributed by atoms with Gasteiger partial charge in [-0.3, -0.25) is 4.79 Å². The molecular formula is C30H42O7. The first-order valence-corrected chi connectivity index (χ1v) is 13.2. The standard InChI is InChI=1S/C30H42O7/c1-17-10-8-9-11-23(31)18(2)15-28-27(34-7)16-26(36-28)21(5)24(12-13-25-22(6)35-25)37-30(33)20(4)14-19(3)29(17)32/h8-10,12-15,19,21-28,31H,11,16H2,1-7H3/b9-8?,13-12+,17-10?,18-15?,20-14?/t19-,21-,22+,23+,24+,25+,26+,27-,28-/m0/s1. The Kier molecular flexibility index (Phi) is 10.2. The molecule has 0 unspecified atom stereocenters. The zero-order valence-electron chi connectivity index (χ0n) is 23.0. The molecule has 0 saturated carbocycles. The van der Waals surface area contributed by atoms with Crippen molar-refractivity contribution in [3.05, 3.63) is 59.3 Å². The van der Waals surface area contributed by atoms with Crippen molar-refractivity contribution in [2.45, 2.75) is 97.1 Å². The quantitative estimate of drug-likeness (QED) is 0.339. The van der Waals surface area contributed by atoms with Crippen LogP contribution in [0.25, 0.3) is 0 Å². The second-order valence-electron chi connectivity index (χ2n) is 10.5. The van der Waals surface area contributed by atoms with Gasteiger partial charge in [0.25, 0.3) is 0 Å². The Morgan fingerprint density at radius 3 is 2.32 bits per heavy atom. The molecule has 2 fully saturated rings. The van der Waals surface area contributed by atoms with Gasteiger partial charge in [0.15, 0.2) is 5.78 Å². The first-order valence-electron chi connectivity index (χ1n) is 13.2. The van der Waals surface area contributed by atoms with E-state index in [1.165, 1.54) is 0 Å². The average Bonchev–Trinajstić information content (AvgIpc) is 3.42. The van der Waals surface area contributed by atoms with E-state index in [0.717, 1.165) is 5.57 Å². The normalized spacial score (nSPS) is 38.3. The number of aliphatic hydroxyl groups excluding tert-OH is 1. The van der Waals surface area contributed by atoms with Crippen LogP contribution < -0.4 is 0 Å². The zero-order valence-corrected chi connectivity index (χ0v) is 23.0. The van der Waals surface area contributed by atoms with Crippen LogP contribution in [0.2, 0.25) is 0 Å². The van der Waals surface area contributed by atoms with Crippen LogP contribution in [-0.4, -0.2) is 66.7 Å². The first-order chi connectivity index (χ1) is 17.5. The van der Waals surface area contributed by atoms with E-state index in [1.54, 1.807) is 46.1 Å². The molecule has 2 saturated heterocycles. The van der Waals surface area contributed by atoms with Crippen LogP contribution in [0.1, 0.15) is 54.4 Å². The number of Topliss-reactive ketones (excluding diaryl/α,β-unsaturated/α-hetero) is 1. The number of esters is 1. The lowest BCUT2D eigenvalue weighted by molar-refractivity contribution is -0.146. The molecule has 0 spiro atoms. The Hall–Kier alpha value is -2.32. The van der Waals surface area contributed by atoms with Crippen LogP contribution in [0, 0.1) is 11.8 Å². The third-order valence-electron chi connectivity index (χ3n) is 7.48. The van der Waals surface area contributed by atoms with E-state index < -0.39 is 24.1 Å². The molecular weight excluding hydrogens is 472 g/mol. The molecule has 0 aromatic heterocycles. The van der Waals surface area contributed by atoms with E-state index in [9.17, 15) is 14.7 Å². The van der Waals surface area contributed by atoms with Crippen molar-refractivity contribution in [1.82, 2.24) is 0 Å². The molecule has 7 heteroatoms. The number of hydrogen-bond acceptors (Lipinski definition) is 7. The molecule has 3 aliphatic heterocycles. The van der Waals surface area contributed by atoms with Gasteiger partial charge in [0.1, 0.15) is 18.3 Å². The second kappa shape index (κ2) is 13.0. The fourth-order valence-electron chi connectivity index (χ4n) is 4.73. The van der Waals surface area contributed by atoms with Crippen LogP contribution in [0.3, 0.4) is 0 Å². The van der Waals surface area contributed by atoms with E-state index in [2.05, 4.69) is 0 Å². The fraction of sp³-hybridized carbons (Fsp3) is 0.600. The van der Waals surface area contributed by atoms with Crippen molar-refractivity contribution in [2.24, 2.45) is 11.8 Å². The summed E-state index contributed by atoms with van der Waals surface area (Å²) in [4.78, 5) is 25.9. The number of methoxy groups -OCH3 is 1. The van der Waals surface area contributed by atoms with Crippen LogP contribution >= 0.6 is 0 Å². The highest BCUT2D eigenvalue weighted by Gasteiger charge is 2.41. The molecule has 0 radical (unpaired) electrons. The molecule has 0 amide bonds. The molecule has 3 rings (SSSR count). The first kappa shape index (κ1) is 29.2. The van der Waals surface area contributed by atoms with Crippen molar-refractivity contribution < 1.29 is 33.6 Å². The van der Waals surface area contributed by atoms with E-state index >= 15 is 0 Å². The summed E-state index contributed by atoms with van der Waals surface area (Å²) in [7, 11) is 1.66. The summed E-state index contributed by atoms with van der Waals surface area (Å²) >= 11 is 0. The molecule has 3 heterocycles. The molecule has 37 heavy (non-hydrogen) atoms. The van der Waals surface area contributed by atoms with Gasteiger partial charge in [-0.1, -0.05) is 50.3 Å². The molecule has 2 bridgehead atoms. The molecule has 7 nitrogen and oxygen atoms in total. The van der Waals surface area contributed by atoms with E-state index in [1.807, 2.05) is 45.1 Å². The van der Waals surface area contributed by atoms with Crippen molar-refractivity contribution in [1.29, 1.82) is 0 Å². The molecule has 0 aromatic carbocycles. The van der Waals surface area contributed by atoms with Gasteiger partial charge in [0, 0.05) is 30.9 Å². The Morgan fingerprint density at radius 1 is 1.00 bits per heavy atom. The smallest absolute Gasteiger partial charge is 0.334 e. The highest BCUT2D eigenvalue weighted by Crippen LogP contribution is 2.33. The van der Waals surface area contributed by atoms with Gasteiger partial charge < -0.3 is 24.1 Å². The van der Waals surface area contributed by atoms with Gasteiger partial charge in [-0.15, -0.1) is 0 Å². The molecule has 3 aliphatic rings. The summed E-state index contributed by atoms with van der Waals surface area (Å²) in [6, 6.07) is 0. The number of carbonyl (C=O) groups excluding carboxylic acids is 2. The van der Waals surface area contributed by atoms with Gasteiger partial charge in [-0.05, 0) is 51.3 Å². The Labute approximate surface area is 220 Å². The van der Waals surface area contributed by atoms with Gasteiger partial charge >= 0.3 is 5.97 Å². The van der Waals surface area contributed by atoms with E-state index in [0.29, 0.717) is 24.0 Å². The molecule has 0 aromatic rings. The van der Waals surface area contributed by atoms with Gasteiger partial charge in [0.2, 0.25) is 0 Å². The summed E-state index contributed by atoms with van der Waals surface area (Å²) in [5, 5.41) is 10.7. The minimum Gasteiger partial charge on any atom is -0.454 e. The number of aliphatic hydroxyl groups is 1. The number of hydrogen-bond donors (Lipinski definition) is 1. The van der Waals surface area contributed by atoms with Crippen molar-refractivity contribution in [3.63, 3.8) is 0 Å². The van der Waals surface area contributed by atoms with Gasteiger partial charge in [0.05, 0.1) is 24.4 Å². The predicted octanol–water partition coefficient (Wildman–Crippen LogP) is 4.42. The van der Waals surface area contributed by atoms with Crippen molar-refractivity contribution in [2.75, 3.05) is 7.11 Å². The average molecular weight is 515 g/mol. The van der Waals surface area contributed by atoms with Crippen LogP contribution in [0.4, 0.5) is 0 Å². The summed E-state index contributed by atoms with van der Waals surface area (Å²) in [5.41, 5.74) is 1.74. The number of allylic oxidation sites excluding steroid dienone is 4. The second-order valence-corrected chi connectivity index (χ2v) is 10.5. The van der Waals surface area contributed by atoms with Crippen LogP contribution in [0.15, 0.2) is 59.3 Å². The number of ether oxygens (including phenoxy) is 4. The lowest BCUT2D eigenvalue weighted by atomic mass is 9.93. The Balaban J connectivity index is 1.94. The maximum Gasteiger partial charge on any atom is 0.334 e. The molecule has 1 N–H and O–H groups in total. The minimum atomic E-state index is -0.679. The maximum atomic E-state index is 13.1. The lowest BCUT2D eigenvalue weighted by Crippen LogP contribution is -2.33. The Morgan fingerprint density at radius 2 is 1.68 bits per heavy atom. The Bertz CT molecular complexity index is 988. The predicted molar refractivity (Wildman–Crippen MR) is 142 cm³/mol. The number of cyclic esters (lactones) is 1. The summed E-state index contributed by atoms with van der Waals surface area (Å²) in [6.45, 7) is 11.0.